The van der Waals surface area contributed by atoms with Gasteiger partial charge in [-0.05, 0) is 17.2 Å². The number of carboxylic acids is 1. The van der Waals surface area contributed by atoms with E-state index in [1.165, 1.54) is 0 Å². The molecule has 1 fully saturated rings. The first-order valence-electron chi connectivity index (χ1n) is 9.70. The molecule has 0 bridgehead atoms. The molecule has 0 amide bonds. The summed E-state index contributed by atoms with van der Waals surface area (Å²) in [7, 11) is 0. The Hall–Kier alpha value is -2.69. The SMILES string of the molecule is C=C=C[C@@H]1C[C@@H](OCc2ccccc2)[C@@H](OCc2ccccc2)[C@@H](CC(=O)O)O1. The molecule has 0 spiro atoms. The van der Waals surface area contributed by atoms with Crippen LogP contribution in [0, 0.1) is 0 Å². The van der Waals surface area contributed by atoms with Crippen LogP contribution in [0.15, 0.2) is 79.0 Å². The highest BCUT2D eigenvalue weighted by Gasteiger charge is 2.40. The zero-order valence-corrected chi connectivity index (χ0v) is 16.3. The van der Waals surface area contributed by atoms with Crippen LogP contribution in [0.1, 0.15) is 24.0 Å². The highest BCUT2D eigenvalue weighted by atomic mass is 16.6. The van der Waals surface area contributed by atoms with E-state index in [2.05, 4.69) is 12.3 Å². The van der Waals surface area contributed by atoms with Crippen LogP contribution >= 0.6 is 0 Å². The van der Waals surface area contributed by atoms with E-state index in [4.69, 9.17) is 14.2 Å². The minimum atomic E-state index is -0.937. The van der Waals surface area contributed by atoms with Gasteiger partial charge in [0.25, 0.3) is 0 Å². The minimum absolute atomic E-state index is 0.161. The fourth-order valence-electron chi connectivity index (χ4n) is 3.46. The van der Waals surface area contributed by atoms with Gasteiger partial charge in [-0.2, -0.15) is 0 Å². The smallest absolute Gasteiger partial charge is 0.306 e. The molecule has 3 rings (SSSR count). The Morgan fingerprint density at radius 3 is 2.21 bits per heavy atom. The van der Waals surface area contributed by atoms with Gasteiger partial charge < -0.3 is 19.3 Å². The molecule has 5 nitrogen and oxygen atoms in total. The topological polar surface area (TPSA) is 65.0 Å². The molecule has 1 saturated heterocycles. The average molecular weight is 394 g/mol. The molecular formula is C24H26O5. The Morgan fingerprint density at radius 1 is 1.07 bits per heavy atom. The zero-order chi connectivity index (χ0) is 20.5. The molecule has 0 radical (unpaired) electrons. The number of hydrogen-bond acceptors (Lipinski definition) is 4. The summed E-state index contributed by atoms with van der Waals surface area (Å²) in [5.74, 6) is -0.937. The van der Waals surface area contributed by atoms with Crippen LogP contribution in [0.3, 0.4) is 0 Å². The van der Waals surface area contributed by atoms with E-state index in [0.29, 0.717) is 19.6 Å². The molecule has 29 heavy (non-hydrogen) atoms. The molecule has 5 heteroatoms. The molecule has 0 aromatic heterocycles. The van der Waals surface area contributed by atoms with Gasteiger partial charge in [0, 0.05) is 6.42 Å². The fraction of sp³-hybridized carbons (Fsp3) is 0.333. The van der Waals surface area contributed by atoms with Gasteiger partial charge in [-0.3, -0.25) is 4.79 Å². The summed E-state index contributed by atoms with van der Waals surface area (Å²) in [6.45, 7) is 4.38. The van der Waals surface area contributed by atoms with Crippen molar-refractivity contribution in [2.24, 2.45) is 0 Å². The first-order chi connectivity index (χ1) is 14.2. The van der Waals surface area contributed by atoms with E-state index in [9.17, 15) is 9.90 Å². The van der Waals surface area contributed by atoms with Crippen LogP contribution < -0.4 is 0 Å². The molecule has 2 aromatic carbocycles. The third kappa shape index (κ3) is 6.41. The molecule has 1 aliphatic rings. The number of carboxylic acid groups (broad SMARTS) is 1. The van der Waals surface area contributed by atoms with Gasteiger partial charge in [0.15, 0.2) is 0 Å². The van der Waals surface area contributed by atoms with Crippen LogP contribution in [-0.2, 0) is 32.2 Å². The second-order valence-corrected chi connectivity index (χ2v) is 7.01. The highest BCUT2D eigenvalue weighted by Crippen LogP contribution is 2.29. The van der Waals surface area contributed by atoms with Crippen molar-refractivity contribution in [2.45, 2.75) is 50.5 Å². The van der Waals surface area contributed by atoms with Crippen LogP contribution in [-0.4, -0.2) is 35.5 Å². The lowest BCUT2D eigenvalue weighted by Gasteiger charge is -2.40. The predicted molar refractivity (Wildman–Crippen MR) is 109 cm³/mol. The summed E-state index contributed by atoms with van der Waals surface area (Å²) in [6.07, 6.45) is 0.351. The summed E-state index contributed by atoms with van der Waals surface area (Å²) < 4.78 is 18.3. The number of rotatable bonds is 9. The normalized spacial score (nSPS) is 23.9. The van der Waals surface area contributed by atoms with Crippen LogP contribution in [0.25, 0.3) is 0 Å². The summed E-state index contributed by atoms with van der Waals surface area (Å²) in [5, 5.41) is 9.36. The van der Waals surface area contributed by atoms with E-state index in [-0.39, 0.29) is 18.6 Å². The average Bonchev–Trinajstić information content (AvgIpc) is 2.73. The predicted octanol–water partition coefficient (Wildman–Crippen LogP) is 4.13. The quantitative estimate of drug-likeness (QED) is 0.648. The Bertz CT molecular complexity index is 814. The number of hydrogen-bond donors (Lipinski definition) is 1. The van der Waals surface area contributed by atoms with Crippen molar-refractivity contribution in [1.82, 2.24) is 0 Å². The van der Waals surface area contributed by atoms with Crippen LogP contribution in [0.4, 0.5) is 0 Å². The first kappa shape index (κ1) is 21.0. The van der Waals surface area contributed by atoms with Gasteiger partial charge in [-0.25, -0.2) is 0 Å². The first-order valence-corrected chi connectivity index (χ1v) is 9.70. The molecule has 1 N–H and O–H groups in total. The van der Waals surface area contributed by atoms with Crippen LogP contribution in [0.5, 0.6) is 0 Å². The molecule has 0 aliphatic carbocycles. The lowest BCUT2D eigenvalue weighted by atomic mass is 9.95. The summed E-state index contributed by atoms with van der Waals surface area (Å²) in [4.78, 5) is 11.4. The lowest BCUT2D eigenvalue weighted by molar-refractivity contribution is -0.202. The maximum Gasteiger partial charge on any atom is 0.306 e. The zero-order valence-electron chi connectivity index (χ0n) is 16.3. The molecular weight excluding hydrogens is 368 g/mol. The molecule has 1 heterocycles. The number of ether oxygens (including phenoxy) is 3. The van der Waals surface area contributed by atoms with E-state index < -0.39 is 18.2 Å². The monoisotopic (exact) mass is 394 g/mol. The maximum atomic E-state index is 11.4. The number of carbonyl (C=O) groups is 1. The van der Waals surface area contributed by atoms with Crippen molar-refractivity contribution in [3.05, 3.63) is 90.2 Å². The van der Waals surface area contributed by atoms with Gasteiger partial charge in [0.1, 0.15) is 6.10 Å². The van der Waals surface area contributed by atoms with Crippen molar-refractivity contribution in [3.8, 4) is 0 Å². The summed E-state index contributed by atoms with van der Waals surface area (Å²) in [6, 6.07) is 19.6. The second kappa shape index (κ2) is 10.7. The van der Waals surface area contributed by atoms with E-state index >= 15 is 0 Å². The van der Waals surface area contributed by atoms with Crippen LogP contribution in [0.2, 0.25) is 0 Å². The Balaban J connectivity index is 1.76. The second-order valence-electron chi connectivity index (χ2n) is 7.01. The molecule has 1 aliphatic heterocycles. The fourth-order valence-corrected chi connectivity index (χ4v) is 3.46. The van der Waals surface area contributed by atoms with Gasteiger partial charge in [-0.15, -0.1) is 5.73 Å². The molecule has 4 atom stereocenters. The molecule has 0 unspecified atom stereocenters. The van der Waals surface area contributed by atoms with Crippen molar-refractivity contribution >= 4 is 5.97 Å². The van der Waals surface area contributed by atoms with Gasteiger partial charge in [0.05, 0.1) is 37.9 Å². The number of benzene rings is 2. The Kier molecular flexibility index (Phi) is 7.79. The van der Waals surface area contributed by atoms with Gasteiger partial charge in [0.2, 0.25) is 0 Å². The van der Waals surface area contributed by atoms with Gasteiger partial charge >= 0.3 is 5.97 Å². The third-order valence-electron chi connectivity index (χ3n) is 4.82. The number of aliphatic carboxylic acids is 1. The van der Waals surface area contributed by atoms with Crippen molar-refractivity contribution in [1.29, 1.82) is 0 Å². The summed E-state index contributed by atoms with van der Waals surface area (Å²) in [5.41, 5.74) is 4.79. The summed E-state index contributed by atoms with van der Waals surface area (Å²) >= 11 is 0. The standard InChI is InChI=1S/C24H26O5/c1-2-9-20-14-21(27-16-18-10-5-3-6-11-18)24(22(29-20)15-23(25)26)28-17-19-12-7-4-8-13-19/h3-13,20-22,24H,1,14-17H2,(H,25,26)/t20-,21-,22-,24-/m1/s1. The van der Waals surface area contributed by atoms with E-state index in [0.717, 1.165) is 11.1 Å². The minimum Gasteiger partial charge on any atom is -0.481 e. The molecule has 152 valence electrons. The molecule has 0 saturated carbocycles. The molecule has 2 aromatic rings. The lowest BCUT2D eigenvalue weighted by Crippen LogP contribution is -2.51. The highest BCUT2D eigenvalue weighted by molar-refractivity contribution is 5.67. The van der Waals surface area contributed by atoms with Crippen molar-refractivity contribution in [3.63, 3.8) is 0 Å². The van der Waals surface area contributed by atoms with Crippen molar-refractivity contribution in [2.75, 3.05) is 0 Å². The van der Waals surface area contributed by atoms with E-state index in [1.807, 2.05) is 60.7 Å². The largest absolute Gasteiger partial charge is 0.481 e. The van der Waals surface area contributed by atoms with Crippen molar-refractivity contribution < 1.29 is 24.1 Å². The maximum absolute atomic E-state index is 11.4. The Morgan fingerprint density at radius 2 is 1.66 bits per heavy atom. The van der Waals surface area contributed by atoms with E-state index in [1.54, 1.807) is 6.08 Å². The van der Waals surface area contributed by atoms with Gasteiger partial charge in [-0.1, -0.05) is 67.2 Å². The third-order valence-corrected chi connectivity index (χ3v) is 4.82. The Labute approximate surface area is 171 Å².